The van der Waals surface area contributed by atoms with Gasteiger partial charge in [0.15, 0.2) is 0 Å². The number of hydrogen-bond acceptors (Lipinski definition) is 4. The molecule has 1 fully saturated rings. The molecular weight excluding hydrogens is 198 g/mol. The molecule has 2 atom stereocenters. The van der Waals surface area contributed by atoms with Gasteiger partial charge in [-0.25, -0.2) is 4.79 Å². The van der Waals surface area contributed by atoms with Gasteiger partial charge in [0.05, 0.1) is 18.8 Å². The molecule has 1 aliphatic rings. The Labute approximate surface area is 89.8 Å². The number of aliphatic hydroxyl groups is 1. The number of aliphatic hydroxyl groups excluding tert-OH is 1. The molecule has 0 aromatic rings. The van der Waals surface area contributed by atoms with E-state index in [4.69, 9.17) is 9.47 Å². The minimum Gasteiger partial charge on any atom is -0.444 e. The van der Waals surface area contributed by atoms with Crippen LogP contribution < -0.4 is 5.32 Å². The molecule has 0 radical (unpaired) electrons. The van der Waals surface area contributed by atoms with E-state index in [0.717, 1.165) is 0 Å². The Bertz CT molecular complexity index is 224. The lowest BCUT2D eigenvalue weighted by Crippen LogP contribution is -2.49. The summed E-state index contributed by atoms with van der Waals surface area (Å²) in [5.74, 6) is 0. The van der Waals surface area contributed by atoms with E-state index in [-0.39, 0.29) is 12.6 Å². The third kappa shape index (κ3) is 4.48. The van der Waals surface area contributed by atoms with Crippen LogP contribution in [0.1, 0.15) is 27.2 Å². The maximum Gasteiger partial charge on any atom is 0.407 e. The number of amides is 1. The van der Waals surface area contributed by atoms with E-state index < -0.39 is 17.8 Å². The first-order chi connectivity index (χ1) is 6.88. The molecule has 5 heteroatoms. The van der Waals surface area contributed by atoms with Crippen LogP contribution in [0, 0.1) is 0 Å². The highest BCUT2D eigenvalue weighted by molar-refractivity contribution is 5.68. The van der Waals surface area contributed by atoms with Crippen LogP contribution in [0.2, 0.25) is 0 Å². The Balaban J connectivity index is 2.36. The first-order valence-electron chi connectivity index (χ1n) is 5.14. The summed E-state index contributed by atoms with van der Waals surface area (Å²) in [6.45, 7) is 6.21. The monoisotopic (exact) mass is 217 g/mol. The highest BCUT2D eigenvalue weighted by Crippen LogP contribution is 2.10. The van der Waals surface area contributed by atoms with Gasteiger partial charge in [-0.2, -0.15) is 0 Å². The lowest BCUT2D eigenvalue weighted by Gasteiger charge is -2.29. The minimum atomic E-state index is -0.647. The smallest absolute Gasteiger partial charge is 0.407 e. The molecule has 0 aromatic heterocycles. The largest absolute Gasteiger partial charge is 0.444 e. The van der Waals surface area contributed by atoms with Crippen LogP contribution in [0.15, 0.2) is 0 Å². The normalized spacial score (nSPS) is 27.2. The second-order valence-electron chi connectivity index (χ2n) is 4.68. The first kappa shape index (κ1) is 12.3. The van der Waals surface area contributed by atoms with Gasteiger partial charge in [-0.1, -0.05) is 0 Å². The summed E-state index contributed by atoms with van der Waals surface area (Å²) in [4.78, 5) is 11.4. The zero-order valence-electron chi connectivity index (χ0n) is 9.45. The molecule has 2 N–H and O–H groups in total. The summed E-state index contributed by atoms with van der Waals surface area (Å²) < 4.78 is 10.1. The summed E-state index contributed by atoms with van der Waals surface area (Å²) in [6.07, 6.45) is -0.528. The number of alkyl carbamates (subject to hydrolysis) is 1. The van der Waals surface area contributed by atoms with Gasteiger partial charge in [0.2, 0.25) is 0 Å². The number of ether oxygens (including phenoxy) is 2. The van der Waals surface area contributed by atoms with Crippen molar-refractivity contribution in [2.75, 3.05) is 13.2 Å². The van der Waals surface area contributed by atoms with Crippen molar-refractivity contribution < 1.29 is 19.4 Å². The van der Waals surface area contributed by atoms with Crippen LogP contribution in [0.25, 0.3) is 0 Å². The maximum absolute atomic E-state index is 11.4. The van der Waals surface area contributed by atoms with Crippen LogP contribution in [0.4, 0.5) is 4.79 Å². The van der Waals surface area contributed by atoms with Crippen molar-refractivity contribution in [3.05, 3.63) is 0 Å². The van der Waals surface area contributed by atoms with Crippen molar-refractivity contribution in [2.45, 2.75) is 44.9 Å². The number of nitrogens with one attached hydrogen (secondary N) is 1. The van der Waals surface area contributed by atoms with E-state index in [1.54, 1.807) is 20.8 Å². The summed E-state index contributed by atoms with van der Waals surface area (Å²) in [6, 6.07) is -0.270. The molecule has 1 amide bonds. The van der Waals surface area contributed by atoms with E-state index in [1.807, 2.05) is 0 Å². The fraction of sp³-hybridized carbons (Fsp3) is 0.900. The highest BCUT2D eigenvalue weighted by atomic mass is 16.6. The summed E-state index contributed by atoms with van der Waals surface area (Å²) in [5, 5.41) is 12.2. The predicted octanol–water partition coefficient (Wildman–Crippen LogP) is 0.661. The van der Waals surface area contributed by atoms with Gasteiger partial charge < -0.3 is 19.9 Å². The van der Waals surface area contributed by atoms with Gasteiger partial charge in [0, 0.05) is 6.61 Å². The predicted molar refractivity (Wildman–Crippen MR) is 54.6 cm³/mol. The molecule has 15 heavy (non-hydrogen) atoms. The van der Waals surface area contributed by atoms with Crippen LogP contribution in [0.5, 0.6) is 0 Å². The molecule has 0 saturated carbocycles. The molecular formula is C10H19NO4. The van der Waals surface area contributed by atoms with E-state index in [1.165, 1.54) is 0 Å². The molecule has 5 nitrogen and oxygen atoms in total. The SMILES string of the molecule is CC(C)(C)OC(=O)N[C@H]1CCOC[C@@H]1O. The maximum atomic E-state index is 11.4. The van der Waals surface area contributed by atoms with E-state index in [2.05, 4.69) is 5.32 Å². The summed E-state index contributed by atoms with van der Waals surface area (Å²) in [5.41, 5.74) is -0.514. The van der Waals surface area contributed by atoms with Gasteiger partial charge in [0.1, 0.15) is 5.60 Å². The van der Waals surface area contributed by atoms with Crippen LogP contribution >= 0.6 is 0 Å². The molecule has 0 aliphatic carbocycles. The number of carbonyl (C=O) groups excluding carboxylic acids is 1. The lowest BCUT2D eigenvalue weighted by molar-refractivity contribution is -0.0308. The zero-order valence-corrected chi connectivity index (χ0v) is 9.45. The molecule has 0 spiro atoms. The summed E-state index contributed by atoms with van der Waals surface area (Å²) >= 11 is 0. The summed E-state index contributed by atoms with van der Waals surface area (Å²) in [7, 11) is 0. The Kier molecular flexibility index (Phi) is 3.93. The van der Waals surface area contributed by atoms with Crippen molar-refractivity contribution in [3.63, 3.8) is 0 Å². The minimum absolute atomic E-state index is 0.264. The third-order valence-electron chi connectivity index (χ3n) is 2.03. The molecule has 1 rings (SSSR count). The zero-order chi connectivity index (χ0) is 11.5. The van der Waals surface area contributed by atoms with Crippen molar-refractivity contribution in [1.82, 2.24) is 5.32 Å². The van der Waals surface area contributed by atoms with Gasteiger partial charge >= 0.3 is 6.09 Å². The first-order valence-corrected chi connectivity index (χ1v) is 5.14. The molecule has 1 saturated heterocycles. The van der Waals surface area contributed by atoms with Crippen LogP contribution in [-0.2, 0) is 9.47 Å². The average Bonchev–Trinajstić information content (AvgIpc) is 2.05. The molecule has 0 bridgehead atoms. The van der Waals surface area contributed by atoms with Gasteiger partial charge in [-0.15, -0.1) is 0 Å². The Morgan fingerprint density at radius 1 is 1.53 bits per heavy atom. The number of hydrogen-bond donors (Lipinski definition) is 2. The number of rotatable bonds is 1. The van der Waals surface area contributed by atoms with Gasteiger partial charge in [0.25, 0.3) is 0 Å². The Morgan fingerprint density at radius 3 is 2.73 bits per heavy atom. The van der Waals surface area contributed by atoms with Crippen molar-refractivity contribution in [1.29, 1.82) is 0 Å². The molecule has 88 valence electrons. The molecule has 1 heterocycles. The fourth-order valence-corrected chi connectivity index (χ4v) is 1.35. The van der Waals surface area contributed by atoms with Crippen molar-refractivity contribution >= 4 is 6.09 Å². The third-order valence-corrected chi connectivity index (χ3v) is 2.03. The van der Waals surface area contributed by atoms with E-state index in [9.17, 15) is 9.90 Å². The topological polar surface area (TPSA) is 67.8 Å². The molecule has 0 unspecified atom stereocenters. The van der Waals surface area contributed by atoms with Gasteiger partial charge in [-0.05, 0) is 27.2 Å². The van der Waals surface area contributed by atoms with E-state index >= 15 is 0 Å². The second kappa shape index (κ2) is 4.81. The Hall–Kier alpha value is -0.810. The molecule has 1 aliphatic heterocycles. The Morgan fingerprint density at radius 2 is 2.20 bits per heavy atom. The molecule has 0 aromatic carbocycles. The second-order valence-corrected chi connectivity index (χ2v) is 4.68. The van der Waals surface area contributed by atoms with Crippen LogP contribution in [0.3, 0.4) is 0 Å². The standard InChI is InChI=1S/C10H19NO4/c1-10(2,3)15-9(13)11-7-4-5-14-6-8(7)12/h7-8,12H,4-6H2,1-3H3,(H,11,13)/t7-,8-/m0/s1. The highest BCUT2D eigenvalue weighted by Gasteiger charge is 2.27. The van der Waals surface area contributed by atoms with Crippen molar-refractivity contribution in [3.8, 4) is 0 Å². The van der Waals surface area contributed by atoms with E-state index in [0.29, 0.717) is 13.0 Å². The number of carbonyl (C=O) groups is 1. The van der Waals surface area contributed by atoms with Gasteiger partial charge in [-0.3, -0.25) is 0 Å². The van der Waals surface area contributed by atoms with Crippen LogP contribution in [-0.4, -0.2) is 42.2 Å². The lowest BCUT2D eigenvalue weighted by atomic mass is 10.1. The van der Waals surface area contributed by atoms with Crippen molar-refractivity contribution in [2.24, 2.45) is 0 Å². The average molecular weight is 217 g/mol. The quantitative estimate of drug-likeness (QED) is 0.677. The fourth-order valence-electron chi connectivity index (χ4n) is 1.35.